The molecule has 2 aromatic rings. The Kier molecular flexibility index (Phi) is 4.92. The maximum absolute atomic E-state index is 6.17. The van der Waals surface area contributed by atoms with Crippen molar-refractivity contribution in [3.63, 3.8) is 0 Å². The first-order chi connectivity index (χ1) is 9.38. The van der Waals surface area contributed by atoms with Crippen LogP contribution in [0.15, 0.2) is 24.3 Å². The van der Waals surface area contributed by atoms with Gasteiger partial charge in [0.2, 0.25) is 0 Å². The highest BCUT2D eigenvalue weighted by molar-refractivity contribution is 6.39. The molecule has 3 N–H and O–H groups in total. The number of rotatable bonds is 3. The van der Waals surface area contributed by atoms with Crippen molar-refractivity contribution in [2.24, 2.45) is 0 Å². The fourth-order valence-electron chi connectivity index (χ4n) is 1.80. The van der Waals surface area contributed by atoms with Crippen LogP contribution in [-0.4, -0.2) is 0 Å². The summed E-state index contributed by atoms with van der Waals surface area (Å²) in [5.74, 6) is 0. The summed E-state index contributed by atoms with van der Waals surface area (Å²) in [7, 11) is 0. The van der Waals surface area contributed by atoms with Crippen LogP contribution < -0.4 is 11.1 Å². The van der Waals surface area contributed by atoms with Gasteiger partial charge >= 0.3 is 0 Å². The molecule has 0 aliphatic rings. The molecule has 0 saturated carbocycles. The van der Waals surface area contributed by atoms with Gasteiger partial charge in [-0.05, 0) is 42.3 Å². The van der Waals surface area contributed by atoms with Gasteiger partial charge in [0.1, 0.15) is 0 Å². The Labute approximate surface area is 137 Å². The van der Waals surface area contributed by atoms with Crippen molar-refractivity contribution >= 4 is 57.8 Å². The van der Waals surface area contributed by atoms with Gasteiger partial charge < -0.3 is 11.1 Å². The lowest BCUT2D eigenvalue weighted by Gasteiger charge is -2.12. The second kappa shape index (κ2) is 6.31. The zero-order chi connectivity index (χ0) is 14.9. The van der Waals surface area contributed by atoms with Gasteiger partial charge in [-0.3, -0.25) is 0 Å². The van der Waals surface area contributed by atoms with E-state index in [1.165, 1.54) is 0 Å². The van der Waals surface area contributed by atoms with Crippen LogP contribution in [0, 0.1) is 6.92 Å². The Morgan fingerprint density at radius 1 is 0.900 bits per heavy atom. The van der Waals surface area contributed by atoms with E-state index in [0.717, 1.165) is 11.1 Å². The van der Waals surface area contributed by atoms with E-state index in [1.807, 2.05) is 19.1 Å². The third-order valence-corrected chi connectivity index (χ3v) is 4.02. The molecule has 0 radical (unpaired) electrons. The third kappa shape index (κ3) is 3.44. The van der Waals surface area contributed by atoms with Gasteiger partial charge in [-0.25, -0.2) is 0 Å². The summed E-state index contributed by atoms with van der Waals surface area (Å²) in [6.45, 7) is 2.42. The Morgan fingerprint density at radius 3 is 1.90 bits per heavy atom. The molecule has 0 saturated heterocycles. The molecule has 106 valence electrons. The molecule has 0 aromatic heterocycles. The Hall–Kier alpha value is -0.800. The van der Waals surface area contributed by atoms with E-state index < -0.39 is 0 Å². The van der Waals surface area contributed by atoms with Gasteiger partial charge in [-0.2, -0.15) is 0 Å². The molecule has 0 amide bonds. The van der Waals surface area contributed by atoms with Crippen molar-refractivity contribution in [2.75, 3.05) is 11.1 Å². The van der Waals surface area contributed by atoms with Crippen molar-refractivity contribution in [3.05, 3.63) is 55.5 Å². The first kappa shape index (κ1) is 15.6. The zero-order valence-electron chi connectivity index (χ0n) is 10.6. The molecule has 0 spiro atoms. The van der Waals surface area contributed by atoms with Gasteiger partial charge in [0.25, 0.3) is 0 Å². The van der Waals surface area contributed by atoms with E-state index in [0.29, 0.717) is 38.0 Å². The first-order valence-corrected chi connectivity index (χ1v) is 7.32. The third-order valence-electron chi connectivity index (χ3n) is 2.79. The molecule has 0 fully saturated rings. The van der Waals surface area contributed by atoms with E-state index in [9.17, 15) is 0 Å². The highest BCUT2D eigenvalue weighted by Crippen LogP contribution is 2.33. The maximum atomic E-state index is 6.17. The molecule has 0 heterocycles. The Bertz CT molecular complexity index is 610. The standard InChI is InChI=1S/C14H12Cl4N2/c1-7-2-11(17)14(12(18)3-7)20-6-8-4-9(15)13(19)10(16)5-8/h2-5,20H,6,19H2,1H3. The fraction of sp³-hybridized carbons (Fsp3) is 0.143. The van der Waals surface area contributed by atoms with E-state index in [1.54, 1.807) is 12.1 Å². The highest BCUT2D eigenvalue weighted by Gasteiger charge is 2.09. The van der Waals surface area contributed by atoms with Gasteiger partial charge in [0.05, 0.1) is 31.5 Å². The van der Waals surface area contributed by atoms with E-state index in [4.69, 9.17) is 52.1 Å². The number of halogens is 4. The number of benzene rings is 2. The van der Waals surface area contributed by atoms with Gasteiger partial charge in [0, 0.05) is 6.54 Å². The average Bonchev–Trinajstić information content (AvgIpc) is 2.34. The van der Waals surface area contributed by atoms with Crippen LogP contribution in [0.4, 0.5) is 11.4 Å². The summed E-state index contributed by atoms with van der Waals surface area (Å²) in [5.41, 5.74) is 8.65. The molecule has 2 aromatic carbocycles. The molecule has 0 bridgehead atoms. The highest BCUT2D eigenvalue weighted by atomic mass is 35.5. The molecular weight excluding hydrogens is 338 g/mol. The average molecular weight is 350 g/mol. The van der Waals surface area contributed by atoms with Crippen molar-refractivity contribution in [2.45, 2.75) is 13.5 Å². The SMILES string of the molecule is Cc1cc(Cl)c(NCc2cc(Cl)c(N)c(Cl)c2)c(Cl)c1. The largest absolute Gasteiger partial charge is 0.396 e. The topological polar surface area (TPSA) is 38.0 Å². The minimum atomic E-state index is 0.378. The number of nitrogens with two attached hydrogens (primary N) is 1. The molecule has 2 nitrogen and oxygen atoms in total. The lowest BCUT2D eigenvalue weighted by molar-refractivity contribution is 1.15. The second-order valence-electron chi connectivity index (χ2n) is 4.43. The molecule has 0 aliphatic carbocycles. The maximum Gasteiger partial charge on any atom is 0.0721 e. The summed E-state index contributed by atoms with van der Waals surface area (Å²) in [6.07, 6.45) is 0. The molecular formula is C14H12Cl4N2. The molecule has 2 rings (SSSR count). The van der Waals surface area contributed by atoms with Crippen molar-refractivity contribution < 1.29 is 0 Å². The number of hydrogen-bond donors (Lipinski definition) is 2. The number of nitrogen functional groups attached to an aromatic ring is 1. The monoisotopic (exact) mass is 348 g/mol. The Morgan fingerprint density at radius 2 is 1.40 bits per heavy atom. The quantitative estimate of drug-likeness (QED) is 0.687. The predicted octanol–water partition coefficient (Wildman–Crippen LogP) is 5.80. The molecule has 0 atom stereocenters. The number of anilines is 2. The molecule has 20 heavy (non-hydrogen) atoms. The van der Waals surface area contributed by atoms with Crippen molar-refractivity contribution in [1.82, 2.24) is 0 Å². The van der Waals surface area contributed by atoms with Crippen molar-refractivity contribution in [3.8, 4) is 0 Å². The first-order valence-electron chi connectivity index (χ1n) is 5.81. The normalized spacial score (nSPS) is 10.7. The summed E-state index contributed by atoms with van der Waals surface area (Å²) >= 11 is 24.3. The van der Waals surface area contributed by atoms with Gasteiger partial charge in [-0.1, -0.05) is 46.4 Å². The van der Waals surface area contributed by atoms with E-state index >= 15 is 0 Å². The van der Waals surface area contributed by atoms with Crippen LogP contribution in [0.2, 0.25) is 20.1 Å². The zero-order valence-corrected chi connectivity index (χ0v) is 13.6. The molecule has 0 aliphatic heterocycles. The summed E-state index contributed by atoms with van der Waals surface area (Å²) in [5, 5.41) is 5.17. The van der Waals surface area contributed by atoms with Crippen LogP contribution >= 0.6 is 46.4 Å². The number of aryl methyl sites for hydroxylation is 1. The summed E-state index contributed by atoms with van der Waals surface area (Å²) in [6, 6.07) is 7.20. The molecule has 6 heteroatoms. The van der Waals surface area contributed by atoms with Crippen LogP contribution in [0.25, 0.3) is 0 Å². The minimum Gasteiger partial charge on any atom is -0.396 e. The van der Waals surface area contributed by atoms with Gasteiger partial charge in [0.15, 0.2) is 0 Å². The van der Waals surface area contributed by atoms with Crippen LogP contribution in [0.5, 0.6) is 0 Å². The molecule has 0 unspecified atom stereocenters. The van der Waals surface area contributed by atoms with Crippen molar-refractivity contribution in [1.29, 1.82) is 0 Å². The van der Waals surface area contributed by atoms with Crippen LogP contribution in [0.1, 0.15) is 11.1 Å². The fourth-order valence-corrected chi connectivity index (χ4v) is 3.06. The summed E-state index contributed by atoms with van der Waals surface area (Å²) < 4.78 is 0. The minimum absolute atomic E-state index is 0.378. The van der Waals surface area contributed by atoms with E-state index in [2.05, 4.69) is 5.32 Å². The van der Waals surface area contributed by atoms with E-state index in [-0.39, 0.29) is 0 Å². The van der Waals surface area contributed by atoms with Gasteiger partial charge in [-0.15, -0.1) is 0 Å². The second-order valence-corrected chi connectivity index (χ2v) is 6.06. The van der Waals surface area contributed by atoms with Crippen LogP contribution in [-0.2, 0) is 6.54 Å². The number of hydrogen-bond acceptors (Lipinski definition) is 2. The lowest BCUT2D eigenvalue weighted by Crippen LogP contribution is -2.02. The summed E-state index contributed by atoms with van der Waals surface area (Å²) in [4.78, 5) is 0. The smallest absolute Gasteiger partial charge is 0.0721 e. The Balaban J connectivity index is 2.21. The number of nitrogens with one attached hydrogen (secondary N) is 1. The van der Waals surface area contributed by atoms with Crippen LogP contribution in [0.3, 0.4) is 0 Å². The lowest BCUT2D eigenvalue weighted by atomic mass is 10.2. The predicted molar refractivity (Wildman–Crippen MR) is 89.4 cm³/mol.